The van der Waals surface area contributed by atoms with E-state index < -0.39 is 0 Å². The van der Waals surface area contributed by atoms with Crippen molar-refractivity contribution in [3.8, 4) is 0 Å². The lowest BCUT2D eigenvalue weighted by Crippen LogP contribution is -2.48. The maximum atomic E-state index is 4.69. The number of pyridine rings is 1. The van der Waals surface area contributed by atoms with Crippen molar-refractivity contribution in [3.63, 3.8) is 0 Å². The molecule has 2 aliphatic rings. The topological polar surface area (TPSA) is 28.2 Å². The first-order valence-corrected chi connectivity index (χ1v) is 8.17. The Morgan fingerprint density at radius 2 is 2.00 bits per heavy atom. The second-order valence-corrected chi connectivity index (χ2v) is 6.50. The van der Waals surface area contributed by atoms with Gasteiger partial charge in [-0.15, -0.1) is 0 Å². The van der Waals surface area contributed by atoms with E-state index in [1.807, 2.05) is 0 Å². The van der Waals surface area contributed by atoms with Crippen LogP contribution in [0.2, 0.25) is 0 Å². The van der Waals surface area contributed by atoms with Crippen molar-refractivity contribution in [2.45, 2.75) is 70.6 Å². The van der Waals surface area contributed by atoms with E-state index >= 15 is 0 Å². The SMILES string of the molecule is CCCN(Cc1cccc(C)n1)C1CC2CCC(C1)N2. The molecule has 0 aliphatic carbocycles. The Kier molecular flexibility index (Phi) is 4.37. The minimum Gasteiger partial charge on any atom is -0.311 e. The standard InChI is InChI=1S/C17H27N3/c1-3-9-20(12-16-6-4-5-13(2)18-16)17-10-14-7-8-15(11-17)19-14/h4-6,14-15,17,19H,3,7-12H2,1-2H3. The van der Waals surface area contributed by atoms with Crippen molar-refractivity contribution >= 4 is 0 Å². The average Bonchev–Trinajstić information content (AvgIpc) is 2.77. The quantitative estimate of drug-likeness (QED) is 0.894. The van der Waals surface area contributed by atoms with Gasteiger partial charge in [0.05, 0.1) is 5.69 Å². The van der Waals surface area contributed by atoms with Gasteiger partial charge in [0.25, 0.3) is 0 Å². The van der Waals surface area contributed by atoms with Gasteiger partial charge in [0, 0.05) is 30.4 Å². The predicted octanol–water partition coefficient (Wildman–Crippen LogP) is 2.89. The third-order valence-corrected chi connectivity index (χ3v) is 4.79. The van der Waals surface area contributed by atoms with E-state index in [4.69, 9.17) is 0 Å². The number of nitrogens with zero attached hydrogens (tertiary/aromatic N) is 2. The lowest BCUT2D eigenvalue weighted by atomic mass is 9.97. The van der Waals surface area contributed by atoms with Crippen molar-refractivity contribution in [1.82, 2.24) is 15.2 Å². The van der Waals surface area contributed by atoms with E-state index in [0.29, 0.717) is 0 Å². The molecule has 0 saturated carbocycles. The number of nitrogens with one attached hydrogen (secondary N) is 1. The van der Waals surface area contributed by atoms with Crippen molar-refractivity contribution in [3.05, 3.63) is 29.6 Å². The van der Waals surface area contributed by atoms with Gasteiger partial charge in [-0.05, 0) is 57.7 Å². The van der Waals surface area contributed by atoms with Gasteiger partial charge in [-0.3, -0.25) is 9.88 Å². The Morgan fingerprint density at radius 1 is 1.25 bits per heavy atom. The minimum absolute atomic E-state index is 0.746. The molecule has 2 aliphatic heterocycles. The third kappa shape index (κ3) is 3.21. The normalized spacial score (nSPS) is 29.1. The summed E-state index contributed by atoms with van der Waals surface area (Å²) in [5.74, 6) is 0. The fraction of sp³-hybridized carbons (Fsp3) is 0.706. The van der Waals surface area contributed by atoms with Gasteiger partial charge in [-0.1, -0.05) is 13.0 Å². The Balaban J connectivity index is 1.69. The lowest BCUT2D eigenvalue weighted by molar-refractivity contribution is 0.132. The van der Waals surface area contributed by atoms with Crippen LogP contribution in [0.5, 0.6) is 0 Å². The van der Waals surface area contributed by atoms with Crippen LogP contribution in [0.15, 0.2) is 18.2 Å². The molecule has 2 unspecified atom stereocenters. The molecular formula is C17H27N3. The van der Waals surface area contributed by atoms with Gasteiger partial charge in [-0.2, -0.15) is 0 Å². The molecule has 1 aromatic rings. The van der Waals surface area contributed by atoms with Crippen LogP contribution in [0.3, 0.4) is 0 Å². The molecule has 2 fully saturated rings. The maximum Gasteiger partial charge on any atom is 0.0547 e. The van der Waals surface area contributed by atoms with Crippen LogP contribution < -0.4 is 5.32 Å². The zero-order chi connectivity index (χ0) is 13.9. The van der Waals surface area contributed by atoms with Gasteiger partial charge < -0.3 is 5.32 Å². The van der Waals surface area contributed by atoms with E-state index in [1.54, 1.807) is 0 Å². The van der Waals surface area contributed by atoms with Crippen molar-refractivity contribution < 1.29 is 0 Å². The number of hydrogen-bond donors (Lipinski definition) is 1. The fourth-order valence-electron chi connectivity index (χ4n) is 3.90. The van der Waals surface area contributed by atoms with Crippen LogP contribution in [-0.4, -0.2) is 34.6 Å². The lowest BCUT2D eigenvalue weighted by Gasteiger charge is -2.37. The van der Waals surface area contributed by atoms with E-state index in [-0.39, 0.29) is 0 Å². The van der Waals surface area contributed by atoms with Crippen LogP contribution in [0.1, 0.15) is 50.4 Å². The second kappa shape index (κ2) is 6.23. The first kappa shape index (κ1) is 14.0. The molecular weight excluding hydrogens is 246 g/mol. The molecule has 1 aromatic heterocycles. The number of piperidine rings is 1. The molecule has 0 amide bonds. The van der Waals surface area contributed by atoms with Gasteiger partial charge in [0.1, 0.15) is 0 Å². The van der Waals surface area contributed by atoms with Crippen LogP contribution >= 0.6 is 0 Å². The van der Waals surface area contributed by atoms with E-state index in [9.17, 15) is 0 Å². The summed E-state index contributed by atoms with van der Waals surface area (Å²) in [6, 6.07) is 8.67. The molecule has 3 nitrogen and oxygen atoms in total. The maximum absolute atomic E-state index is 4.69. The Labute approximate surface area is 122 Å². The van der Waals surface area contributed by atoms with Gasteiger partial charge in [-0.25, -0.2) is 0 Å². The summed E-state index contributed by atoms with van der Waals surface area (Å²) in [7, 11) is 0. The van der Waals surface area contributed by atoms with Crippen molar-refractivity contribution in [2.75, 3.05) is 6.54 Å². The number of aromatic nitrogens is 1. The van der Waals surface area contributed by atoms with Crippen LogP contribution in [0, 0.1) is 6.92 Å². The fourth-order valence-corrected chi connectivity index (χ4v) is 3.90. The monoisotopic (exact) mass is 273 g/mol. The zero-order valence-electron chi connectivity index (χ0n) is 12.8. The third-order valence-electron chi connectivity index (χ3n) is 4.79. The Bertz CT molecular complexity index is 434. The summed E-state index contributed by atoms with van der Waals surface area (Å²) in [6.45, 7) is 6.57. The van der Waals surface area contributed by atoms with E-state index in [1.165, 1.54) is 44.3 Å². The summed E-state index contributed by atoms with van der Waals surface area (Å²) < 4.78 is 0. The first-order valence-electron chi connectivity index (χ1n) is 8.17. The molecule has 3 heteroatoms. The predicted molar refractivity (Wildman–Crippen MR) is 82.6 cm³/mol. The molecule has 0 spiro atoms. The zero-order valence-corrected chi connectivity index (χ0v) is 12.8. The highest BCUT2D eigenvalue weighted by atomic mass is 15.2. The van der Waals surface area contributed by atoms with Crippen molar-refractivity contribution in [2.24, 2.45) is 0 Å². The molecule has 2 atom stereocenters. The highest BCUT2D eigenvalue weighted by Gasteiger charge is 2.35. The molecule has 110 valence electrons. The molecule has 2 bridgehead atoms. The van der Waals surface area contributed by atoms with Gasteiger partial charge >= 0.3 is 0 Å². The summed E-state index contributed by atoms with van der Waals surface area (Å²) in [5, 5.41) is 3.75. The molecule has 2 saturated heterocycles. The summed E-state index contributed by atoms with van der Waals surface area (Å²) >= 11 is 0. The number of rotatable bonds is 5. The van der Waals surface area contributed by atoms with Crippen molar-refractivity contribution in [1.29, 1.82) is 0 Å². The van der Waals surface area contributed by atoms with Crippen LogP contribution in [0.4, 0.5) is 0 Å². The molecule has 3 heterocycles. The first-order chi connectivity index (χ1) is 9.74. The summed E-state index contributed by atoms with van der Waals surface area (Å²) in [6.07, 6.45) is 6.63. The Hall–Kier alpha value is -0.930. The summed E-state index contributed by atoms with van der Waals surface area (Å²) in [5.41, 5.74) is 2.36. The largest absolute Gasteiger partial charge is 0.311 e. The Morgan fingerprint density at radius 3 is 2.65 bits per heavy atom. The molecule has 20 heavy (non-hydrogen) atoms. The van der Waals surface area contributed by atoms with E-state index in [0.717, 1.165) is 30.4 Å². The molecule has 0 radical (unpaired) electrons. The second-order valence-electron chi connectivity index (χ2n) is 6.50. The molecule has 3 rings (SSSR count). The number of aryl methyl sites for hydroxylation is 1. The number of hydrogen-bond acceptors (Lipinski definition) is 3. The number of fused-ring (bicyclic) bond motifs is 2. The van der Waals surface area contributed by atoms with Crippen LogP contribution in [-0.2, 0) is 6.54 Å². The highest BCUT2D eigenvalue weighted by Crippen LogP contribution is 2.30. The highest BCUT2D eigenvalue weighted by molar-refractivity contribution is 5.10. The molecule has 1 N–H and O–H groups in total. The minimum atomic E-state index is 0.746. The molecule has 0 aromatic carbocycles. The smallest absolute Gasteiger partial charge is 0.0547 e. The van der Waals surface area contributed by atoms with Gasteiger partial charge in [0.2, 0.25) is 0 Å². The summed E-state index contributed by atoms with van der Waals surface area (Å²) in [4.78, 5) is 7.36. The van der Waals surface area contributed by atoms with Crippen LogP contribution in [0.25, 0.3) is 0 Å². The van der Waals surface area contributed by atoms with Gasteiger partial charge in [0.15, 0.2) is 0 Å². The average molecular weight is 273 g/mol. The van der Waals surface area contributed by atoms with E-state index in [2.05, 4.69) is 47.2 Å².